The molecule has 0 aliphatic heterocycles. The number of aliphatic hydroxyl groups excluding tert-OH is 1. The molecule has 0 amide bonds. The van der Waals surface area contributed by atoms with Crippen LogP contribution in [0.25, 0.3) is 3.58 Å². The van der Waals surface area contributed by atoms with Gasteiger partial charge in [0.2, 0.25) is 0 Å². The van der Waals surface area contributed by atoms with Crippen molar-refractivity contribution < 1.29 is 5.11 Å². The zero-order valence-corrected chi connectivity index (χ0v) is 12.8. The SMILES string of the molecule is CCCCC/C(=C(/I)c1ccccc1)[C@H](C)O. The Morgan fingerprint density at radius 3 is 2.41 bits per heavy atom. The van der Waals surface area contributed by atoms with Crippen molar-refractivity contribution in [3.8, 4) is 0 Å². The maximum Gasteiger partial charge on any atom is 0.0735 e. The normalized spacial score (nSPS) is 14.4. The van der Waals surface area contributed by atoms with Crippen molar-refractivity contribution in [2.45, 2.75) is 45.6 Å². The van der Waals surface area contributed by atoms with E-state index < -0.39 is 0 Å². The molecule has 2 heteroatoms. The van der Waals surface area contributed by atoms with E-state index in [0.29, 0.717) is 0 Å². The summed E-state index contributed by atoms with van der Waals surface area (Å²) in [5.41, 5.74) is 2.38. The molecule has 1 N–H and O–H groups in total. The van der Waals surface area contributed by atoms with Gasteiger partial charge >= 0.3 is 0 Å². The predicted molar refractivity (Wildman–Crippen MR) is 83.2 cm³/mol. The average Bonchev–Trinajstić information content (AvgIpc) is 2.34. The number of aliphatic hydroxyl groups is 1. The van der Waals surface area contributed by atoms with E-state index in [1.807, 2.05) is 25.1 Å². The van der Waals surface area contributed by atoms with Gasteiger partial charge < -0.3 is 5.11 Å². The van der Waals surface area contributed by atoms with Crippen molar-refractivity contribution in [3.05, 3.63) is 41.5 Å². The first kappa shape index (κ1) is 14.7. The lowest BCUT2D eigenvalue weighted by Gasteiger charge is -2.14. The topological polar surface area (TPSA) is 20.2 Å². The third kappa shape index (κ3) is 4.80. The molecule has 1 rings (SSSR count). The smallest absolute Gasteiger partial charge is 0.0735 e. The molecular formula is C15H21IO. The fraction of sp³-hybridized carbons (Fsp3) is 0.467. The van der Waals surface area contributed by atoms with Gasteiger partial charge in [-0.05, 0) is 53.5 Å². The van der Waals surface area contributed by atoms with Crippen LogP contribution in [-0.4, -0.2) is 11.2 Å². The largest absolute Gasteiger partial charge is 0.389 e. The van der Waals surface area contributed by atoms with Crippen LogP contribution >= 0.6 is 22.6 Å². The number of benzene rings is 1. The summed E-state index contributed by atoms with van der Waals surface area (Å²) in [5.74, 6) is 0. The van der Waals surface area contributed by atoms with Gasteiger partial charge in [0.1, 0.15) is 0 Å². The molecule has 0 saturated heterocycles. The number of unbranched alkanes of at least 4 members (excludes halogenated alkanes) is 2. The standard InChI is InChI=1S/C15H21IO/c1-3-4-6-11-14(12(2)17)15(16)13-9-7-5-8-10-13/h5,7-10,12,17H,3-4,6,11H2,1-2H3/b15-14-/t12-/m0/s1. The molecule has 94 valence electrons. The molecule has 17 heavy (non-hydrogen) atoms. The van der Waals surface area contributed by atoms with E-state index in [0.717, 1.165) is 12.8 Å². The van der Waals surface area contributed by atoms with E-state index in [1.165, 1.54) is 27.6 Å². The lowest BCUT2D eigenvalue weighted by Crippen LogP contribution is -2.06. The summed E-state index contributed by atoms with van der Waals surface area (Å²) >= 11 is 2.36. The highest BCUT2D eigenvalue weighted by atomic mass is 127. The lowest BCUT2D eigenvalue weighted by molar-refractivity contribution is 0.227. The van der Waals surface area contributed by atoms with Crippen molar-refractivity contribution in [1.82, 2.24) is 0 Å². The maximum absolute atomic E-state index is 9.88. The fourth-order valence-corrected chi connectivity index (χ4v) is 2.92. The van der Waals surface area contributed by atoms with Crippen molar-refractivity contribution in [2.75, 3.05) is 0 Å². The molecule has 0 aliphatic rings. The zero-order valence-electron chi connectivity index (χ0n) is 10.6. The summed E-state index contributed by atoms with van der Waals surface area (Å²) in [5, 5.41) is 9.88. The van der Waals surface area contributed by atoms with Crippen LogP contribution in [0.2, 0.25) is 0 Å². The first-order valence-corrected chi connectivity index (χ1v) is 7.36. The summed E-state index contributed by atoms with van der Waals surface area (Å²) in [4.78, 5) is 0. The third-order valence-electron chi connectivity index (χ3n) is 2.86. The number of hydrogen-bond donors (Lipinski definition) is 1. The molecule has 0 unspecified atom stereocenters. The number of hydrogen-bond acceptors (Lipinski definition) is 1. The molecule has 0 bridgehead atoms. The summed E-state index contributed by atoms with van der Waals surface area (Å²) in [6, 6.07) is 10.3. The van der Waals surface area contributed by atoms with Gasteiger partial charge in [0.05, 0.1) is 6.10 Å². The van der Waals surface area contributed by atoms with Crippen LogP contribution in [0.3, 0.4) is 0 Å². The molecule has 1 nitrogen and oxygen atoms in total. The van der Waals surface area contributed by atoms with E-state index >= 15 is 0 Å². The van der Waals surface area contributed by atoms with Crippen LogP contribution in [-0.2, 0) is 0 Å². The van der Waals surface area contributed by atoms with Gasteiger partial charge in [0.15, 0.2) is 0 Å². The Morgan fingerprint density at radius 2 is 1.88 bits per heavy atom. The summed E-state index contributed by atoms with van der Waals surface area (Å²) in [6.07, 6.45) is 4.26. The van der Waals surface area contributed by atoms with Crippen molar-refractivity contribution in [1.29, 1.82) is 0 Å². The van der Waals surface area contributed by atoms with Gasteiger partial charge in [-0.1, -0.05) is 50.1 Å². The molecule has 0 aliphatic carbocycles. The molecule has 0 heterocycles. The van der Waals surface area contributed by atoms with E-state index in [-0.39, 0.29) is 6.10 Å². The van der Waals surface area contributed by atoms with Crippen molar-refractivity contribution in [3.63, 3.8) is 0 Å². The second-order valence-corrected chi connectivity index (χ2v) is 5.42. The molecule has 0 saturated carbocycles. The van der Waals surface area contributed by atoms with Crippen LogP contribution < -0.4 is 0 Å². The summed E-state index contributed by atoms with van der Waals surface area (Å²) in [6.45, 7) is 4.07. The van der Waals surface area contributed by atoms with Crippen LogP contribution in [0.1, 0.15) is 45.1 Å². The van der Waals surface area contributed by atoms with Crippen LogP contribution in [0.15, 0.2) is 35.9 Å². The first-order chi connectivity index (χ1) is 8.16. The van der Waals surface area contributed by atoms with E-state index in [9.17, 15) is 5.11 Å². The van der Waals surface area contributed by atoms with Crippen molar-refractivity contribution in [2.24, 2.45) is 0 Å². The minimum Gasteiger partial charge on any atom is -0.389 e. The predicted octanol–water partition coefficient (Wildman–Crippen LogP) is 4.79. The van der Waals surface area contributed by atoms with Gasteiger partial charge in [-0.3, -0.25) is 0 Å². The maximum atomic E-state index is 9.88. The highest BCUT2D eigenvalue weighted by molar-refractivity contribution is 14.1. The van der Waals surface area contributed by atoms with E-state index in [4.69, 9.17) is 0 Å². The minimum atomic E-state index is -0.348. The Morgan fingerprint density at radius 1 is 1.24 bits per heavy atom. The summed E-state index contributed by atoms with van der Waals surface area (Å²) < 4.78 is 1.20. The Hall–Kier alpha value is -0.350. The van der Waals surface area contributed by atoms with Gasteiger partial charge in [-0.15, -0.1) is 0 Å². The Bertz CT molecular complexity index is 354. The third-order valence-corrected chi connectivity index (χ3v) is 4.18. The molecule has 0 fully saturated rings. The van der Waals surface area contributed by atoms with E-state index in [1.54, 1.807) is 0 Å². The Balaban J connectivity index is 2.87. The van der Waals surface area contributed by atoms with Gasteiger partial charge in [0, 0.05) is 3.58 Å². The Labute approximate surface area is 118 Å². The van der Waals surface area contributed by atoms with Crippen LogP contribution in [0, 0.1) is 0 Å². The monoisotopic (exact) mass is 344 g/mol. The van der Waals surface area contributed by atoms with Gasteiger partial charge in [-0.25, -0.2) is 0 Å². The molecule has 1 aromatic rings. The number of halogens is 1. The lowest BCUT2D eigenvalue weighted by atomic mass is 10.0. The highest BCUT2D eigenvalue weighted by Crippen LogP contribution is 2.30. The fourth-order valence-electron chi connectivity index (χ4n) is 1.84. The molecule has 0 spiro atoms. The molecule has 1 aromatic carbocycles. The van der Waals surface area contributed by atoms with Crippen molar-refractivity contribution >= 4 is 26.2 Å². The van der Waals surface area contributed by atoms with Gasteiger partial charge in [0.25, 0.3) is 0 Å². The van der Waals surface area contributed by atoms with Gasteiger partial charge in [-0.2, -0.15) is 0 Å². The number of rotatable bonds is 6. The van der Waals surface area contributed by atoms with Crippen LogP contribution in [0.4, 0.5) is 0 Å². The van der Waals surface area contributed by atoms with E-state index in [2.05, 4.69) is 41.6 Å². The zero-order chi connectivity index (χ0) is 12.7. The molecular weight excluding hydrogens is 323 g/mol. The quantitative estimate of drug-likeness (QED) is 0.581. The molecule has 0 aromatic heterocycles. The highest BCUT2D eigenvalue weighted by Gasteiger charge is 2.11. The molecule has 1 atom stereocenters. The minimum absolute atomic E-state index is 0.348. The summed E-state index contributed by atoms with van der Waals surface area (Å²) in [7, 11) is 0. The second kappa shape index (κ2) is 7.88. The second-order valence-electron chi connectivity index (χ2n) is 4.34. The average molecular weight is 344 g/mol. The first-order valence-electron chi connectivity index (χ1n) is 6.28. The van der Waals surface area contributed by atoms with Crippen LogP contribution in [0.5, 0.6) is 0 Å². The molecule has 0 radical (unpaired) electrons. The Kier molecular flexibility index (Phi) is 6.82.